The Morgan fingerprint density at radius 2 is 2.09 bits per heavy atom. The zero-order valence-electron chi connectivity index (χ0n) is 14.1. The molecular weight excluding hydrogens is 286 g/mol. The summed E-state index contributed by atoms with van der Waals surface area (Å²) < 4.78 is 0. The smallest absolute Gasteiger partial charge is 0.259 e. The fourth-order valence-corrected chi connectivity index (χ4v) is 2.54. The van der Waals surface area contributed by atoms with Crippen molar-refractivity contribution in [3.63, 3.8) is 0 Å². The third-order valence-corrected chi connectivity index (χ3v) is 4.20. The van der Waals surface area contributed by atoms with Gasteiger partial charge >= 0.3 is 0 Å². The molecule has 0 saturated heterocycles. The zero-order chi connectivity index (χ0) is 16.8. The molecule has 1 aromatic rings. The van der Waals surface area contributed by atoms with Crippen molar-refractivity contribution in [2.45, 2.75) is 33.6 Å². The maximum Gasteiger partial charge on any atom is 0.259 e. The van der Waals surface area contributed by atoms with Crippen LogP contribution in [0.1, 0.15) is 32.3 Å². The van der Waals surface area contributed by atoms with Crippen LogP contribution in [0.4, 0.5) is 5.69 Å². The molecular formula is C19H25N3O. The summed E-state index contributed by atoms with van der Waals surface area (Å²) in [4.78, 5) is 12.0. The normalized spacial score (nSPS) is 19.2. The molecule has 1 amide bonds. The van der Waals surface area contributed by atoms with Crippen molar-refractivity contribution < 1.29 is 4.79 Å². The number of hydrogen-bond acceptors (Lipinski definition) is 3. The molecule has 1 aromatic carbocycles. The van der Waals surface area contributed by atoms with Gasteiger partial charge in [0.15, 0.2) is 0 Å². The van der Waals surface area contributed by atoms with Crippen LogP contribution >= 0.6 is 0 Å². The van der Waals surface area contributed by atoms with Gasteiger partial charge in [0.2, 0.25) is 0 Å². The van der Waals surface area contributed by atoms with E-state index >= 15 is 0 Å². The first-order chi connectivity index (χ1) is 11.0. The number of hydrazone groups is 1. The molecule has 0 bridgehead atoms. The zero-order valence-corrected chi connectivity index (χ0v) is 14.1. The fraction of sp³-hybridized carbons (Fsp3) is 0.368. The minimum absolute atomic E-state index is 0.147. The monoisotopic (exact) mass is 311 g/mol. The highest BCUT2D eigenvalue weighted by Gasteiger charge is 2.18. The third-order valence-electron chi connectivity index (χ3n) is 4.20. The highest BCUT2D eigenvalue weighted by molar-refractivity contribution is 6.01. The Labute approximate surface area is 138 Å². The van der Waals surface area contributed by atoms with E-state index < -0.39 is 0 Å². The number of rotatable bonds is 5. The van der Waals surface area contributed by atoms with Gasteiger partial charge in [0.05, 0.1) is 12.3 Å². The Hall–Kier alpha value is -2.36. The summed E-state index contributed by atoms with van der Waals surface area (Å²) in [6.07, 6.45) is 4.01. The number of carbonyl (C=O) groups is 1. The largest absolute Gasteiger partial charge is 0.376 e. The molecule has 2 N–H and O–H groups in total. The molecule has 0 spiro atoms. The number of carbonyl (C=O) groups excluding carboxylic acids is 1. The summed E-state index contributed by atoms with van der Waals surface area (Å²) in [7, 11) is 0. The SMILES string of the molecule is C=C(C)[C@H]1CC=C(C)C(=NNC(=O)CNc2ccccc2C)C1. The van der Waals surface area contributed by atoms with E-state index in [1.165, 1.54) is 0 Å². The molecule has 4 nitrogen and oxygen atoms in total. The summed E-state index contributed by atoms with van der Waals surface area (Å²) in [6.45, 7) is 10.3. The molecule has 0 fully saturated rings. The van der Waals surface area contributed by atoms with Gasteiger partial charge in [-0.3, -0.25) is 4.79 Å². The first kappa shape index (κ1) is 17.0. The van der Waals surface area contributed by atoms with Crippen LogP contribution in [0.3, 0.4) is 0 Å². The molecule has 0 saturated carbocycles. The second-order valence-corrected chi connectivity index (χ2v) is 6.13. The first-order valence-corrected chi connectivity index (χ1v) is 7.94. The van der Waals surface area contributed by atoms with E-state index in [1.807, 2.05) is 45.0 Å². The van der Waals surface area contributed by atoms with E-state index in [0.717, 1.165) is 41.0 Å². The minimum Gasteiger partial charge on any atom is -0.376 e. The van der Waals surface area contributed by atoms with Crippen LogP contribution in [0.15, 0.2) is 53.2 Å². The number of benzene rings is 1. The average Bonchev–Trinajstić information content (AvgIpc) is 2.53. The van der Waals surface area contributed by atoms with Gasteiger partial charge in [-0.1, -0.05) is 36.4 Å². The molecule has 0 radical (unpaired) electrons. The molecule has 2 rings (SSSR count). The second kappa shape index (κ2) is 7.77. The van der Waals surface area contributed by atoms with Crippen molar-refractivity contribution in [3.05, 3.63) is 53.6 Å². The van der Waals surface area contributed by atoms with Crippen LogP contribution < -0.4 is 10.7 Å². The molecule has 0 aliphatic heterocycles. The molecule has 0 unspecified atom stereocenters. The van der Waals surface area contributed by atoms with E-state index in [4.69, 9.17) is 0 Å². The number of allylic oxidation sites excluding steroid dienone is 3. The average molecular weight is 311 g/mol. The lowest BCUT2D eigenvalue weighted by molar-refractivity contribution is -0.119. The number of anilines is 1. The molecule has 1 aliphatic carbocycles. The van der Waals surface area contributed by atoms with Crippen molar-refractivity contribution in [1.82, 2.24) is 5.43 Å². The predicted molar refractivity (Wildman–Crippen MR) is 96.5 cm³/mol. The standard InChI is InChI=1S/C19H25N3O/c1-13(2)16-10-9-15(4)18(11-16)21-22-19(23)12-20-17-8-6-5-7-14(17)3/h5-9,16,20H,1,10-12H2,2-4H3,(H,22,23)/t16-/m0/s1. The van der Waals surface area contributed by atoms with Crippen molar-refractivity contribution in [2.75, 3.05) is 11.9 Å². The molecule has 4 heteroatoms. The maximum atomic E-state index is 12.0. The fourth-order valence-electron chi connectivity index (χ4n) is 2.54. The van der Waals surface area contributed by atoms with Crippen molar-refractivity contribution >= 4 is 17.3 Å². The molecule has 0 aromatic heterocycles. The number of hydrogen-bond donors (Lipinski definition) is 2. The van der Waals surface area contributed by atoms with Crippen LogP contribution in [0.2, 0.25) is 0 Å². The van der Waals surface area contributed by atoms with Gasteiger partial charge in [0.25, 0.3) is 5.91 Å². The summed E-state index contributed by atoms with van der Waals surface area (Å²) in [6, 6.07) is 7.89. The lowest BCUT2D eigenvalue weighted by Crippen LogP contribution is -2.28. The molecule has 23 heavy (non-hydrogen) atoms. The summed E-state index contributed by atoms with van der Waals surface area (Å²) in [5.74, 6) is 0.269. The third kappa shape index (κ3) is 4.81. The Morgan fingerprint density at radius 3 is 2.78 bits per heavy atom. The van der Waals surface area contributed by atoms with Gasteiger partial charge in [0.1, 0.15) is 0 Å². The van der Waals surface area contributed by atoms with E-state index in [0.29, 0.717) is 5.92 Å². The van der Waals surface area contributed by atoms with Crippen LogP contribution in [0, 0.1) is 12.8 Å². The second-order valence-electron chi connectivity index (χ2n) is 6.13. The molecule has 1 aliphatic rings. The minimum atomic E-state index is -0.147. The number of para-hydroxylation sites is 1. The Bertz CT molecular complexity index is 658. The van der Waals surface area contributed by atoms with Crippen LogP contribution in [-0.4, -0.2) is 18.2 Å². The summed E-state index contributed by atoms with van der Waals surface area (Å²) in [5.41, 5.74) is 7.96. The first-order valence-electron chi connectivity index (χ1n) is 7.94. The maximum absolute atomic E-state index is 12.0. The van der Waals surface area contributed by atoms with E-state index in [2.05, 4.69) is 28.5 Å². The Kier molecular flexibility index (Phi) is 5.74. The summed E-state index contributed by atoms with van der Waals surface area (Å²) in [5, 5.41) is 7.43. The van der Waals surface area contributed by atoms with Gasteiger partial charge in [0, 0.05) is 5.69 Å². The highest BCUT2D eigenvalue weighted by atomic mass is 16.2. The number of nitrogens with one attached hydrogen (secondary N) is 2. The van der Waals surface area contributed by atoms with Crippen LogP contribution in [-0.2, 0) is 4.79 Å². The molecule has 122 valence electrons. The van der Waals surface area contributed by atoms with Gasteiger partial charge in [-0.05, 0) is 56.7 Å². The van der Waals surface area contributed by atoms with Crippen molar-refractivity contribution in [1.29, 1.82) is 0 Å². The van der Waals surface area contributed by atoms with Gasteiger partial charge in [-0.25, -0.2) is 5.43 Å². The van der Waals surface area contributed by atoms with Gasteiger partial charge < -0.3 is 5.32 Å². The van der Waals surface area contributed by atoms with Gasteiger partial charge in [-0.2, -0.15) is 5.10 Å². The Balaban J connectivity index is 1.90. The van der Waals surface area contributed by atoms with Crippen molar-refractivity contribution in [2.24, 2.45) is 11.0 Å². The van der Waals surface area contributed by atoms with Crippen LogP contribution in [0.25, 0.3) is 0 Å². The van der Waals surface area contributed by atoms with Gasteiger partial charge in [-0.15, -0.1) is 0 Å². The Morgan fingerprint density at radius 1 is 1.35 bits per heavy atom. The van der Waals surface area contributed by atoms with Crippen molar-refractivity contribution in [3.8, 4) is 0 Å². The number of nitrogens with zero attached hydrogens (tertiary/aromatic N) is 1. The topological polar surface area (TPSA) is 53.5 Å². The predicted octanol–water partition coefficient (Wildman–Crippen LogP) is 3.81. The molecule has 0 heterocycles. The van der Waals surface area contributed by atoms with E-state index in [-0.39, 0.29) is 12.5 Å². The lowest BCUT2D eigenvalue weighted by atomic mass is 9.85. The number of amides is 1. The van der Waals surface area contributed by atoms with Crippen LogP contribution in [0.5, 0.6) is 0 Å². The lowest BCUT2D eigenvalue weighted by Gasteiger charge is -2.22. The summed E-state index contributed by atoms with van der Waals surface area (Å²) >= 11 is 0. The quantitative estimate of drug-likeness (QED) is 0.642. The molecule has 1 atom stereocenters. The van der Waals surface area contributed by atoms with E-state index in [9.17, 15) is 4.79 Å². The highest BCUT2D eigenvalue weighted by Crippen LogP contribution is 2.26. The van der Waals surface area contributed by atoms with E-state index in [1.54, 1.807) is 0 Å². The number of aryl methyl sites for hydroxylation is 1.